The van der Waals surface area contributed by atoms with Crippen LogP contribution >= 0.6 is 23.2 Å². The van der Waals surface area contributed by atoms with E-state index in [1.54, 1.807) is 36.3 Å². The average molecular weight is 628 g/mol. The summed E-state index contributed by atoms with van der Waals surface area (Å²) >= 11 is 12.2. The molecule has 0 bridgehead atoms. The van der Waals surface area contributed by atoms with Crippen molar-refractivity contribution in [3.63, 3.8) is 0 Å². The van der Waals surface area contributed by atoms with Crippen LogP contribution in [-0.4, -0.2) is 48.2 Å². The summed E-state index contributed by atoms with van der Waals surface area (Å²) < 4.78 is 30.7. The molecule has 0 fully saturated rings. The molecule has 1 amide bonds. The maximum atomic E-state index is 14.0. The van der Waals surface area contributed by atoms with Crippen LogP contribution in [0.3, 0.4) is 0 Å². The minimum Gasteiger partial charge on any atom is -0.497 e. The Kier molecular flexibility index (Phi) is 8.32. The molecule has 2 heterocycles. The van der Waals surface area contributed by atoms with E-state index in [2.05, 4.69) is 5.32 Å². The molecular formula is C30H28Cl2N4O5S. The number of anilines is 1. The topological polar surface area (TPSA) is 111 Å². The molecule has 0 spiro atoms. The quantitative estimate of drug-likeness (QED) is 0.302. The van der Waals surface area contributed by atoms with Gasteiger partial charge in [0, 0.05) is 30.0 Å². The molecule has 0 aliphatic carbocycles. The lowest BCUT2D eigenvalue weighted by Gasteiger charge is -2.34. The number of ether oxygens (including phenoxy) is 1. The van der Waals surface area contributed by atoms with E-state index in [4.69, 9.17) is 32.9 Å². The van der Waals surface area contributed by atoms with Crippen LogP contribution in [-0.2, 0) is 29.3 Å². The van der Waals surface area contributed by atoms with Crippen LogP contribution in [0, 0.1) is 0 Å². The Morgan fingerprint density at radius 1 is 1.05 bits per heavy atom. The number of halogens is 2. The summed E-state index contributed by atoms with van der Waals surface area (Å²) in [7, 11) is -1.83. The highest BCUT2D eigenvalue weighted by Gasteiger charge is 2.32. The number of nitrogens with zero attached hydrogens (tertiary/aromatic N) is 3. The van der Waals surface area contributed by atoms with Gasteiger partial charge >= 0.3 is 0 Å². The molecule has 0 unspecified atom stereocenters. The van der Waals surface area contributed by atoms with Gasteiger partial charge in [-0.1, -0.05) is 35.3 Å². The average Bonchev–Trinajstić information content (AvgIpc) is 2.97. The number of hydrogen-bond donors (Lipinski definition) is 1. The first kappa shape index (κ1) is 29.6. The van der Waals surface area contributed by atoms with Gasteiger partial charge in [-0.05, 0) is 73.5 Å². The van der Waals surface area contributed by atoms with Gasteiger partial charge in [0.1, 0.15) is 5.75 Å². The molecule has 9 nitrogen and oxygen atoms in total. The lowest BCUT2D eigenvalue weighted by molar-refractivity contribution is 0.0653. The number of benzene rings is 3. The van der Waals surface area contributed by atoms with Gasteiger partial charge < -0.3 is 15.0 Å². The Morgan fingerprint density at radius 2 is 1.74 bits per heavy atom. The number of amides is 1. The van der Waals surface area contributed by atoms with Gasteiger partial charge in [0.05, 0.1) is 40.0 Å². The second-order valence-corrected chi connectivity index (χ2v) is 12.9. The van der Waals surface area contributed by atoms with Gasteiger partial charge in [-0.15, -0.1) is 0 Å². The van der Waals surface area contributed by atoms with Gasteiger partial charge in [-0.2, -0.15) is 0 Å². The second kappa shape index (κ2) is 11.8. The predicted molar refractivity (Wildman–Crippen MR) is 163 cm³/mol. The van der Waals surface area contributed by atoms with Crippen molar-refractivity contribution in [1.82, 2.24) is 14.5 Å². The zero-order valence-electron chi connectivity index (χ0n) is 23.1. The highest BCUT2D eigenvalue weighted by atomic mass is 35.5. The van der Waals surface area contributed by atoms with E-state index in [-0.39, 0.29) is 46.3 Å². The van der Waals surface area contributed by atoms with Crippen molar-refractivity contribution in [2.24, 2.45) is 0 Å². The summed E-state index contributed by atoms with van der Waals surface area (Å²) in [5.41, 5.74) is 2.44. The first-order chi connectivity index (χ1) is 20.0. The maximum absolute atomic E-state index is 14.0. The fourth-order valence-corrected chi connectivity index (χ4v) is 5.78. The lowest BCUT2D eigenvalue weighted by atomic mass is 9.98. The highest BCUT2D eigenvalue weighted by Crippen LogP contribution is 2.28. The van der Waals surface area contributed by atoms with E-state index >= 15 is 0 Å². The standard InChI is InChI=1S/C30H28Cl2N4O5S/c1-18-14-24-27(17-35(18)28(37)20-6-13-25(31)26(32)15-20)34-30(33-16-19-4-9-22(41-2)10-5-19)36(29(24)38)21-7-11-23(12-8-21)42(3,39)40/h4-13,15,18H,14,16-17H2,1-3H3,(H,33,34)/t18-/m0/s1. The molecule has 1 N–H and O–H groups in total. The van der Waals surface area contributed by atoms with Gasteiger partial charge in [0.15, 0.2) is 9.84 Å². The zero-order chi connectivity index (χ0) is 30.2. The van der Waals surface area contributed by atoms with Gasteiger partial charge in [0.25, 0.3) is 11.5 Å². The first-order valence-electron chi connectivity index (χ1n) is 13.0. The Bertz CT molecular complexity index is 1820. The second-order valence-electron chi connectivity index (χ2n) is 10.1. The summed E-state index contributed by atoms with van der Waals surface area (Å²) in [6.45, 7) is 2.34. The maximum Gasteiger partial charge on any atom is 0.263 e. The number of rotatable bonds is 7. The molecule has 1 aliphatic rings. The number of carbonyl (C=O) groups is 1. The monoisotopic (exact) mass is 626 g/mol. The van der Waals surface area contributed by atoms with Crippen LogP contribution in [0.5, 0.6) is 5.75 Å². The zero-order valence-corrected chi connectivity index (χ0v) is 25.4. The molecule has 0 saturated heterocycles. The third-order valence-electron chi connectivity index (χ3n) is 7.17. The van der Waals surface area contributed by atoms with E-state index in [1.165, 1.54) is 22.8 Å². The number of hydrogen-bond acceptors (Lipinski definition) is 7. The number of nitrogens with one attached hydrogen (secondary N) is 1. The normalized spacial score (nSPS) is 14.8. The molecule has 1 aliphatic heterocycles. The third kappa shape index (κ3) is 6.01. The fourth-order valence-electron chi connectivity index (χ4n) is 4.85. The number of aromatic nitrogens is 2. The van der Waals surface area contributed by atoms with Crippen molar-refractivity contribution < 1.29 is 17.9 Å². The van der Waals surface area contributed by atoms with E-state index in [9.17, 15) is 18.0 Å². The van der Waals surface area contributed by atoms with Crippen LogP contribution in [0.15, 0.2) is 76.4 Å². The van der Waals surface area contributed by atoms with Gasteiger partial charge in [0.2, 0.25) is 5.95 Å². The minimum absolute atomic E-state index is 0.121. The van der Waals surface area contributed by atoms with Gasteiger partial charge in [-0.25, -0.2) is 18.0 Å². The number of methoxy groups -OCH3 is 1. The van der Waals surface area contributed by atoms with E-state index in [0.29, 0.717) is 34.1 Å². The largest absolute Gasteiger partial charge is 0.497 e. The first-order valence-corrected chi connectivity index (χ1v) is 15.7. The number of sulfone groups is 1. The van der Waals surface area contributed by atoms with E-state index in [0.717, 1.165) is 17.6 Å². The third-order valence-corrected chi connectivity index (χ3v) is 9.04. The summed E-state index contributed by atoms with van der Waals surface area (Å²) in [5.74, 6) is 0.731. The molecule has 1 aromatic heterocycles. The van der Waals surface area contributed by atoms with Crippen LogP contribution in [0.2, 0.25) is 10.0 Å². The summed E-state index contributed by atoms with van der Waals surface area (Å²) in [4.78, 5) is 34.1. The molecule has 5 rings (SSSR count). The molecule has 3 aromatic carbocycles. The van der Waals surface area contributed by atoms with Crippen molar-refractivity contribution in [2.75, 3.05) is 18.7 Å². The Labute approximate surface area is 253 Å². The molecular weight excluding hydrogens is 599 g/mol. The number of fused-ring (bicyclic) bond motifs is 1. The summed E-state index contributed by atoms with van der Waals surface area (Å²) in [6.07, 6.45) is 1.41. The van der Waals surface area contributed by atoms with Gasteiger partial charge in [-0.3, -0.25) is 9.59 Å². The highest BCUT2D eigenvalue weighted by molar-refractivity contribution is 7.90. The molecule has 0 radical (unpaired) electrons. The summed E-state index contributed by atoms with van der Waals surface area (Å²) in [6, 6.07) is 18.0. The molecule has 1 atom stereocenters. The molecule has 12 heteroatoms. The van der Waals surface area contributed by atoms with Crippen molar-refractivity contribution in [3.05, 3.63) is 110 Å². The van der Waals surface area contributed by atoms with Crippen LogP contribution in [0.1, 0.15) is 34.1 Å². The number of carbonyl (C=O) groups excluding carboxylic acids is 1. The van der Waals surface area contributed by atoms with Crippen molar-refractivity contribution in [2.45, 2.75) is 37.4 Å². The molecule has 4 aromatic rings. The van der Waals surface area contributed by atoms with Crippen molar-refractivity contribution in [3.8, 4) is 11.4 Å². The van der Waals surface area contributed by atoms with Crippen LogP contribution < -0.4 is 15.6 Å². The predicted octanol–water partition coefficient (Wildman–Crippen LogP) is 5.15. The van der Waals surface area contributed by atoms with Crippen molar-refractivity contribution in [1.29, 1.82) is 0 Å². The molecule has 0 saturated carbocycles. The molecule has 218 valence electrons. The van der Waals surface area contributed by atoms with E-state index < -0.39 is 9.84 Å². The van der Waals surface area contributed by atoms with Crippen molar-refractivity contribution >= 4 is 44.9 Å². The molecule has 42 heavy (non-hydrogen) atoms. The SMILES string of the molecule is COc1ccc(CNc2nc3c(c(=O)n2-c2ccc(S(C)(=O)=O)cc2)C[C@H](C)N(C(=O)c2ccc(Cl)c(Cl)c2)C3)cc1. The Morgan fingerprint density at radius 3 is 2.36 bits per heavy atom. The fraction of sp³-hybridized carbons (Fsp3) is 0.233. The lowest BCUT2D eigenvalue weighted by Crippen LogP contribution is -2.46. The van der Waals surface area contributed by atoms with Crippen LogP contribution in [0.4, 0.5) is 5.95 Å². The van der Waals surface area contributed by atoms with Crippen LogP contribution in [0.25, 0.3) is 5.69 Å². The summed E-state index contributed by atoms with van der Waals surface area (Å²) in [5, 5.41) is 3.89. The smallest absolute Gasteiger partial charge is 0.263 e. The Balaban J connectivity index is 1.55. The minimum atomic E-state index is -3.42. The Hall–Kier alpha value is -3.86. The van der Waals surface area contributed by atoms with E-state index in [1.807, 2.05) is 31.2 Å².